The van der Waals surface area contributed by atoms with Crippen LogP contribution in [0.2, 0.25) is 0 Å². The fourth-order valence-electron chi connectivity index (χ4n) is 0.675. The molecule has 1 unspecified atom stereocenters. The largest absolute Gasteiger partial charge is 0.389 e. The van der Waals surface area contributed by atoms with Crippen molar-refractivity contribution < 1.29 is 13.9 Å². The molecule has 62 valence electrons. The second kappa shape index (κ2) is 2.96. The van der Waals surface area contributed by atoms with Gasteiger partial charge in [0.1, 0.15) is 0 Å². The Bertz CT molecular complexity index is 212. The summed E-state index contributed by atoms with van der Waals surface area (Å²) in [6.45, 7) is -1.14. The molecule has 0 saturated heterocycles. The molecule has 5 heteroatoms. The molecule has 3 nitrogen and oxygen atoms in total. The Labute approximate surface area is 62.3 Å². The molecular formula is C6H8F2N2O. The highest BCUT2D eigenvalue weighted by atomic mass is 19.3. The van der Waals surface area contributed by atoms with Gasteiger partial charge in [0.05, 0.1) is 12.3 Å². The molecule has 0 aliphatic carbocycles. The molecule has 1 aromatic heterocycles. The average Bonchev–Trinajstić information content (AvgIpc) is 2.33. The molecule has 1 heterocycles. The molecule has 0 amide bonds. The molecule has 0 aromatic carbocycles. The molecule has 0 saturated carbocycles. The van der Waals surface area contributed by atoms with Crippen LogP contribution in [-0.4, -0.2) is 14.9 Å². The van der Waals surface area contributed by atoms with Crippen LogP contribution in [0.15, 0.2) is 12.4 Å². The lowest BCUT2D eigenvalue weighted by atomic mass is 10.2. The molecule has 1 rings (SSSR count). The van der Waals surface area contributed by atoms with Crippen LogP contribution in [0.1, 0.15) is 25.1 Å². The van der Waals surface area contributed by atoms with Crippen LogP contribution in [0.3, 0.4) is 0 Å². The minimum Gasteiger partial charge on any atom is -0.389 e. The number of aliphatic hydroxyl groups excluding tert-OH is 1. The maximum atomic E-state index is 11.9. The molecule has 0 spiro atoms. The summed E-state index contributed by atoms with van der Waals surface area (Å²) in [5.74, 6) is 0. The van der Waals surface area contributed by atoms with Crippen molar-refractivity contribution in [3.05, 3.63) is 18.0 Å². The Morgan fingerprint density at radius 3 is 2.55 bits per heavy atom. The summed E-state index contributed by atoms with van der Waals surface area (Å²) in [6, 6.07) is 0. The summed E-state index contributed by atoms with van der Waals surface area (Å²) in [4.78, 5) is 0. The van der Waals surface area contributed by atoms with Crippen LogP contribution in [0.5, 0.6) is 0 Å². The summed E-state index contributed by atoms with van der Waals surface area (Å²) >= 11 is 0. The van der Waals surface area contributed by atoms with Crippen molar-refractivity contribution >= 4 is 0 Å². The summed E-state index contributed by atoms with van der Waals surface area (Å²) in [7, 11) is 0. The van der Waals surface area contributed by atoms with Crippen LogP contribution in [-0.2, 0) is 0 Å². The first-order valence-electron chi connectivity index (χ1n) is 3.11. The SMILES string of the molecule is CC(O)c1cnn(C(F)F)c1. The van der Waals surface area contributed by atoms with Crippen molar-refractivity contribution in [2.24, 2.45) is 0 Å². The van der Waals surface area contributed by atoms with Crippen LogP contribution in [0.25, 0.3) is 0 Å². The molecule has 0 fully saturated rings. The Kier molecular flexibility index (Phi) is 2.19. The number of halogens is 2. The second-order valence-electron chi connectivity index (χ2n) is 2.21. The van der Waals surface area contributed by atoms with E-state index in [2.05, 4.69) is 5.10 Å². The van der Waals surface area contributed by atoms with Crippen LogP contribution in [0.4, 0.5) is 8.78 Å². The molecule has 1 atom stereocenters. The van der Waals surface area contributed by atoms with E-state index in [1.54, 1.807) is 0 Å². The summed E-state index contributed by atoms with van der Waals surface area (Å²) in [5.41, 5.74) is 0.394. The van der Waals surface area contributed by atoms with Crippen molar-refractivity contribution in [2.75, 3.05) is 0 Å². The average molecular weight is 162 g/mol. The zero-order valence-electron chi connectivity index (χ0n) is 5.91. The summed E-state index contributed by atoms with van der Waals surface area (Å²) in [6.07, 6.45) is 1.59. The lowest BCUT2D eigenvalue weighted by Crippen LogP contribution is -1.97. The third kappa shape index (κ3) is 1.74. The molecule has 11 heavy (non-hydrogen) atoms. The van der Waals surface area contributed by atoms with Crippen LogP contribution in [0, 0.1) is 0 Å². The van der Waals surface area contributed by atoms with Gasteiger partial charge in [0.25, 0.3) is 0 Å². The van der Waals surface area contributed by atoms with E-state index in [1.807, 2.05) is 0 Å². The molecule has 0 radical (unpaired) electrons. The predicted molar refractivity (Wildman–Crippen MR) is 34.1 cm³/mol. The van der Waals surface area contributed by atoms with E-state index in [1.165, 1.54) is 13.1 Å². The lowest BCUT2D eigenvalue weighted by molar-refractivity contribution is 0.0563. The van der Waals surface area contributed by atoms with E-state index in [-0.39, 0.29) is 0 Å². The van der Waals surface area contributed by atoms with Crippen molar-refractivity contribution in [3.63, 3.8) is 0 Å². The monoisotopic (exact) mass is 162 g/mol. The number of aliphatic hydroxyl groups is 1. The van der Waals surface area contributed by atoms with Gasteiger partial charge in [-0.25, -0.2) is 4.68 Å². The third-order valence-electron chi connectivity index (χ3n) is 1.30. The van der Waals surface area contributed by atoms with Gasteiger partial charge in [-0.1, -0.05) is 0 Å². The fourth-order valence-corrected chi connectivity index (χ4v) is 0.675. The van der Waals surface area contributed by atoms with E-state index >= 15 is 0 Å². The van der Waals surface area contributed by atoms with Crippen LogP contribution >= 0.6 is 0 Å². The second-order valence-corrected chi connectivity index (χ2v) is 2.21. The first kappa shape index (κ1) is 8.13. The van der Waals surface area contributed by atoms with Crippen LogP contribution < -0.4 is 0 Å². The zero-order valence-corrected chi connectivity index (χ0v) is 5.91. The van der Waals surface area contributed by atoms with Gasteiger partial charge >= 0.3 is 6.55 Å². The molecule has 1 aromatic rings. The fraction of sp³-hybridized carbons (Fsp3) is 0.500. The molecule has 0 aliphatic rings. The van der Waals surface area contributed by atoms with Crippen molar-refractivity contribution in [1.29, 1.82) is 0 Å². The number of rotatable bonds is 2. The van der Waals surface area contributed by atoms with Crippen molar-refractivity contribution in [3.8, 4) is 0 Å². The third-order valence-corrected chi connectivity index (χ3v) is 1.30. The quantitative estimate of drug-likeness (QED) is 0.712. The summed E-state index contributed by atoms with van der Waals surface area (Å²) < 4.78 is 24.2. The van der Waals surface area contributed by atoms with Gasteiger partial charge in [0, 0.05) is 11.8 Å². The number of nitrogens with zero attached hydrogens (tertiary/aromatic N) is 2. The smallest absolute Gasteiger partial charge is 0.333 e. The number of aromatic nitrogens is 2. The molecule has 1 N–H and O–H groups in total. The Hall–Kier alpha value is -0.970. The topological polar surface area (TPSA) is 38.1 Å². The first-order valence-corrected chi connectivity index (χ1v) is 3.11. The Balaban J connectivity index is 2.82. The highest BCUT2D eigenvalue weighted by Gasteiger charge is 2.09. The first-order chi connectivity index (χ1) is 5.11. The Morgan fingerprint density at radius 2 is 2.27 bits per heavy atom. The van der Waals surface area contributed by atoms with E-state index in [9.17, 15) is 8.78 Å². The van der Waals surface area contributed by atoms with Crippen molar-refractivity contribution in [2.45, 2.75) is 19.6 Å². The zero-order chi connectivity index (χ0) is 8.43. The number of hydrogen-bond acceptors (Lipinski definition) is 2. The lowest BCUT2D eigenvalue weighted by Gasteiger charge is -1.97. The maximum absolute atomic E-state index is 11.9. The van der Waals surface area contributed by atoms with E-state index in [4.69, 9.17) is 5.11 Å². The van der Waals surface area contributed by atoms with Gasteiger partial charge in [-0.15, -0.1) is 0 Å². The standard InChI is InChI=1S/C6H8F2N2O/c1-4(11)5-2-9-10(3-5)6(7)8/h2-4,6,11H,1H3. The minimum absolute atomic E-state index is 0.394. The van der Waals surface area contributed by atoms with E-state index in [0.717, 1.165) is 6.20 Å². The van der Waals surface area contributed by atoms with Gasteiger partial charge in [-0.05, 0) is 6.92 Å². The van der Waals surface area contributed by atoms with Crippen molar-refractivity contribution in [1.82, 2.24) is 9.78 Å². The molecule has 0 aliphatic heterocycles. The molecular weight excluding hydrogens is 154 g/mol. The number of hydrogen-bond donors (Lipinski definition) is 1. The van der Waals surface area contributed by atoms with E-state index in [0.29, 0.717) is 10.2 Å². The maximum Gasteiger partial charge on any atom is 0.333 e. The number of alkyl halides is 2. The highest BCUT2D eigenvalue weighted by Crippen LogP contribution is 2.14. The van der Waals surface area contributed by atoms with Gasteiger partial charge in [-0.3, -0.25) is 0 Å². The predicted octanol–water partition coefficient (Wildman–Crippen LogP) is 1.33. The summed E-state index contributed by atoms with van der Waals surface area (Å²) in [5, 5.41) is 12.3. The van der Waals surface area contributed by atoms with Gasteiger partial charge in [0.2, 0.25) is 0 Å². The normalized spacial score (nSPS) is 13.9. The van der Waals surface area contributed by atoms with E-state index < -0.39 is 12.7 Å². The van der Waals surface area contributed by atoms with Gasteiger partial charge in [0.15, 0.2) is 0 Å². The van der Waals surface area contributed by atoms with Gasteiger partial charge in [-0.2, -0.15) is 13.9 Å². The Morgan fingerprint density at radius 1 is 1.64 bits per heavy atom. The molecule has 0 bridgehead atoms. The minimum atomic E-state index is -2.64. The van der Waals surface area contributed by atoms with Gasteiger partial charge < -0.3 is 5.11 Å². The highest BCUT2D eigenvalue weighted by molar-refractivity contribution is 5.06.